The van der Waals surface area contributed by atoms with Crippen LogP contribution in [0.1, 0.15) is 68.2 Å². The van der Waals surface area contributed by atoms with Crippen LogP contribution in [0, 0.1) is 11.2 Å². The van der Waals surface area contributed by atoms with E-state index in [0.717, 1.165) is 23.3 Å². The first kappa shape index (κ1) is 30.1. The lowest BCUT2D eigenvalue weighted by Gasteiger charge is -2.33. The van der Waals surface area contributed by atoms with Crippen LogP contribution in [0.15, 0.2) is 96.3 Å². The molecule has 0 saturated heterocycles. The summed E-state index contributed by atoms with van der Waals surface area (Å²) >= 11 is 6.07. The van der Waals surface area contributed by atoms with Gasteiger partial charge >= 0.3 is 0 Å². The number of allylic oxidation sites excluding steroid dienone is 1. The van der Waals surface area contributed by atoms with Crippen LogP contribution in [-0.4, -0.2) is 16.0 Å². The molecule has 0 aliphatic carbocycles. The highest BCUT2D eigenvalue weighted by Gasteiger charge is 2.38. The highest BCUT2D eigenvalue weighted by molar-refractivity contribution is 6.30. The minimum atomic E-state index is -0.855. The van der Waals surface area contributed by atoms with E-state index < -0.39 is 17.8 Å². The monoisotopic (exact) mass is 599 g/mol. The third-order valence-electron chi connectivity index (χ3n) is 7.99. The molecular formula is C35H35ClFN3O3. The SMILES string of the molecule is CCC(C)(C)CC1=C(C)C(c2ccc(OCc3ccccc3)cc2F)N(C(=O)c2ccc(Cl)cn2)c2cccc(O)c2N1. The average Bonchev–Trinajstić information content (AvgIpc) is 3.11. The number of benzene rings is 3. The number of halogens is 2. The number of hydrogen-bond donors (Lipinski definition) is 2. The van der Waals surface area contributed by atoms with Crippen LogP contribution in [0.25, 0.3) is 0 Å². The van der Waals surface area contributed by atoms with Gasteiger partial charge in [-0.15, -0.1) is 0 Å². The van der Waals surface area contributed by atoms with Gasteiger partial charge in [0.1, 0.15) is 35.3 Å². The molecule has 5 rings (SSSR count). The summed E-state index contributed by atoms with van der Waals surface area (Å²) in [5.41, 5.74) is 3.61. The minimum absolute atomic E-state index is 0.0234. The summed E-state index contributed by atoms with van der Waals surface area (Å²) in [7, 11) is 0. The van der Waals surface area contributed by atoms with Gasteiger partial charge in [0.15, 0.2) is 0 Å². The summed E-state index contributed by atoms with van der Waals surface area (Å²) < 4.78 is 22.1. The molecule has 1 amide bonds. The molecule has 1 aliphatic heterocycles. The Morgan fingerprint density at radius 1 is 1.09 bits per heavy atom. The van der Waals surface area contributed by atoms with Gasteiger partial charge < -0.3 is 15.2 Å². The Hall–Kier alpha value is -4.36. The second kappa shape index (κ2) is 12.5. The van der Waals surface area contributed by atoms with Gasteiger partial charge in [0.25, 0.3) is 5.91 Å². The van der Waals surface area contributed by atoms with Crippen LogP contribution in [0.2, 0.25) is 5.02 Å². The molecule has 6 nitrogen and oxygen atoms in total. The first-order chi connectivity index (χ1) is 20.6. The van der Waals surface area contributed by atoms with E-state index in [1.54, 1.807) is 42.5 Å². The number of nitrogens with zero attached hydrogens (tertiary/aromatic N) is 2. The Balaban J connectivity index is 1.66. The number of aromatic hydroxyl groups is 1. The molecule has 1 aromatic heterocycles. The number of anilines is 2. The number of phenols is 1. The van der Waals surface area contributed by atoms with E-state index in [1.807, 2.05) is 37.3 Å². The van der Waals surface area contributed by atoms with Crippen LogP contribution < -0.4 is 15.0 Å². The van der Waals surface area contributed by atoms with Crippen molar-refractivity contribution >= 4 is 28.9 Å². The highest BCUT2D eigenvalue weighted by atomic mass is 35.5. The fraction of sp³-hybridized carbons (Fsp3) is 0.257. The number of fused-ring (bicyclic) bond motifs is 1. The van der Waals surface area contributed by atoms with Crippen molar-refractivity contribution in [2.45, 2.75) is 53.2 Å². The lowest BCUT2D eigenvalue weighted by atomic mass is 9.83. The largest absolute Gasteiger partial charge is 0.506 e. The number of ether oxygens (including phenoxy) is 1. The van der Waals surface area contributed by atoms with E-state index in [2.05, 4.69) is 31.1 Å². The first-order valence-corrected chi connectivity index (χ1v) is 14.7. The Morgan fingerprint density at radius 3 is 2.53 bits per heavy atom. The summed E-state index contributed by atoms with van der Waals surface area (Å²) in [4.78, 5) is 20.1. The Kier molecular flexibility index (Phi) is 8.74. The van der Waals surface area contributed by atoms with Crippen LogP contribution in [0.5, 0.6) is 11.5 Å². The molecule has 1 aliphatic rings. The number of amides is 1. The van der Waals surface area contributed by atoms with Crippen LogP contribution in [0.3, 0.4) is 0 Å². The zero-order chi connectivity index (χ0) is 30.7. The molecule has 0 saturated carbocycles. The molecule has 2 N–H and O–H groups in total. The number of phenolic OH excluding ortho intramolecular Hbond substituents is 1. The number of hydrogen-bond acceptors (Lipinski definition) is 5. The summed E-state index contributed by atoms with van der Waals surface area (Å²) in [6.45, 7) is 8.62. The van der Waals surface area contributed by atoms with Crippen molar-refractivity contribution in [1.82, 2.24) is 4.98 Å². The molecule has 222 valence electrons. The third kappa shape index (κ3) is 6.52. The van der Waals surface area contributed by atoms with Crippen LogP contribution >= 0.6 is 11.6 Å². The minimum Gasteiger partial charge on any atom is -0.506 e. The van der Waals surface area contributed by atoms with Gasteiger partial charge in [-0.25, -0.2) is 9.37 Å². The second-order valence-electron chi connectivity index (χ2n) is 11.5. The van der Waals surface area contributed by atoms with Gasteiger partial charge in [0.2, 0.25) is 0 Å². The van der Waals surface area contributed by atoms with E-state index >= 15 is 4.39 Å². The first-order valence-electron chi connectivity index (χ1n) is 14.3. The fourth-order valence-electron chi connectivity index (χ4n) is 5.18. The molecule has 43 heavy (non-hydrogen) atoms. The topological polar surface area (TPSA) is 74.7 Å². The third-order valence-corrected chi connectivity index (χ3v) is 8.22. The van der Waals surface area contributed by atoms with Crippen LogP contribution in [0.4, 0.5) is 15.8 Å². The van der Waals surface area contributed by atoms with E-state index in [4.69, 9.17) is 16.3 Å². The summed E-state index contributed by atoms with van der Waals surface area (Å²) in [5, 5.41) is 14.8. The standard InChI is InChI=1S/C35H35ClFN3O3/c1-5-35(3,4)19-29-22(2)33(26-16-15-25(18-27(26)37)43-21-23-10-7-6-8-11-23)40(30-12-9-13-31(41)32(30)39-29)34(42)28-17-14-24(36)20-38-28/h6-18,20,33,39,41H,5,19,21H2,1-4H3. The van der Waals surface area contributed by atoms with Crippen molar-refractivity contribution in [2.75, 3.05) is 10.2 Å². The Bertz CT molecular complexity index is 1660. The molecule has 1 atom stereocenters. The molecule has 4 aromatic rings. The summed E-state index contributed by atoms with van der Waals surface area (Å²) in [6, 6.07) is 21.6. The lowest BCUT2D eigenvalue weighted by molar-refractivity contribution is 0.0975. The zero-order valence-corrected chi connectivity index (χ0v) is 25.5. The Morgan fingerprint density at radius 2 is 1.86 bits per heavy atom. The highest BCUT2D eigenvalue weighted by Crippen LogP contribution is 2.48. The van der Waals surface area contributed by atoms with Crippen molar-refractivity contribution in [1.29, 1.82) is 0 Å². The average molecular weight is 600 g/mol. The van der Waals surface area contributed by atoms with E-state index in [-0.39, 0.29) is 22.4 Å². The van der Waals surface area contributed by atoms with Gasteiger partial charge in [0.05, 0.1) is 16.8 Å². The second-order valence-corrected chi connectivity index (χ2v) is 12.0. The van der Waals surface area contributed by atoms with Crippen LogP contribution in [-0.2, 0) is 6.61 Å². The number of nitrogens with one attached hydrogen (secondary N) is 1. The predicted octanol–water partition coefficient (Wildman–Crippen LogP) is 9.07. The normalized spacial score (nSPS) is 15.0. The van der Waals surface area contributed by atoms with Gasteiger partial charge in [-0.1, -0.05) is 75.2 Å². The molecule has 8 heteroatoms. The maximum absolute atomic E-state index is 16.2. The number of carbonyl (C=O) groups excluding carboxylic acids is 1. The molecule has 0 spiro atoms. The molecule has 0 radical (unpaired) electrons. The number of pyridine rings is 1. The number of aromatic nitrogens is 1. The molecule has 3 aromatic carbocycles. The molecule has 0 bridgehead atoms. The summed E-state index contributed by atoms with van der Waals surface area (Å²) in [6.07, 6.45) is 2.91. The number of para-hydroxylation sites is 1. The number of carbonyl (C=O) groups is 1. The van der Waals surface area contributed by atoms with E-state index in [9.17, 15) is 9.90 Å². The summed E-state index contributed by atoms with van der Waals surface area (Å²) in [5.74, 6) is -0.630. The zero-order valence-electron chi connectivity index (χ0n) is 24.7. The molecule has 1 unspecified atom stereocenters. The van der Waals surface area contributed by atoms with Crippen molar-refractivity contribution < 1.29 is 19.0 Å². The van der Waals surface area contributed by atoms with Crippen molar-refractivity contribution in [2.24, 2.45) is 5.41 Å². The van der Waals surface area contributed by atoms with Crippen molar-refractivity contribution in [3.8, 4) is 11.5 Å². The lowest BCUT2D eigenvalue weighted by Crippen LogP contribution is -2.36. The molecular weight excluding hydrogens is 565 g/mol. The Labute approximate surface area is 256 Å². The maximum atomic E-state index is 16.2. The molecule has 0 fully saturated rings. The smallest absolute Gasteiger partial charge is 0.277 e. The number of rotatable bonds is 8. The molecule has 2 heterocycles. The van der Waals surface area contributed by atoms with Gasteiger partial charge in [-0.3, -0.25) is 9.69 Å². The van der Waals surface area contributed by atoms with Crippen molar-refractivity contribution in [3.63, 3.8) is 0 Å². The van der Waals surface area contributed by atoms with E-state index in [0.29, 0.717) is 35.2 Å². The fourth-order valence-corrected chi connectivity index (χ4v) is 5.29. The van der Waals surface area contributed by atoms with Crippen molar-refractivity contribution in [3.05, 3.63) is 124 Å². The van der Waals surface area contributed by atoms with Gasteiger partial charge in [0, 0.05) is 23.5 Å². The van der Waals surface area contributed by atoms with E-state index in [1.165, 1.54) is 17.2 Å². The quantitative estimate of drug-likeness (QED) is 0.198. The van der Waals surface area contributed by atoms with Gasteiger partial charge in [-0.2, -0.15) is 0 Å². The maximum Gasteiger partial charge on any atom is 0.277 e. The van der Waals surface area contributed by atoms with Gasteiger partial charge in [-0.05, 0) is 66.3 Å². The predicted molar refractivity (Wildman–Crippen MR) is 169 cm³/mol.